The van der Waals surface area contributed by atoms with Crippen molar-refractivity contribution in [3.8, 4) is 0 Å². The summed E-state index contributed by atoms with van der Waals surface area (Å²) in [6.45, 7) is 5.56. The van der Waals surface area contributed by atoms with Gasteiger partial charge < -0.3 is 10.2 Å². The highest BCUT2D eigenvalue weighted by molar-refractivity contribution is 9.10. The maximum atomic E-state index is 14.1. The lowest BCUT2D eigenvalue weighted by molar-refractivity contribution is -0.140. The Hall–Kier alpha value is -3.17. The number of para-hydroxylation sites is 1. The number of nitrogens with zero attached hydrogens (tertiary/aromatic N) is 2. The Bertz CT molecular complexity index is 1380. The van der Waals surface area contributed by atoms with Gasteiger partial charge in [-0.1, -0.05) is 73.7 Å². The molecular formula is C30H36BrN3O4S. The third-order valence-corrected chi connectivity index (χ3v) is 8.47. The van der Waals surface area contributed by atoms with E-state index in [-0.39, 0.29) is 24.9 Å². The molecule has 0 saturated carbocycles. The fourth-order valence-electron chi connectivity index (χ4n) is 4.21. The minimum Gasteiger partial charge on any atom is -0.352 e. The van der Waals surface area contributed by atoms with Crippen molar-refractivity contribution in [2.45, 2.75) is 52.2 Å². The van der Waals surface area contributed by atoms with Gasteiger partial charge in [0.25, 0.3) is 0 Å². The number of amides is 2. The summed E-state index contributed by atoms with van der Waals surface area (Å²) in [7, 11) is -3.82. The van der Waals surface area contributed by atoms with Crippen molar-refractivity contribution in [3.05, 3.63) is 100 Å². The van der Waals surface area contributed by atoms with Crippen LogP contribution in [0.25, 0.3) is 0 Å². The molecule has 7 nitrogen and oxygen atoms in total. The van der Waals surface area contributed by atoms with Crippen LogP contribution in [0.4, 0.5) is 5.69 Å². The number of rotatable bonds is 12. The van der Waals surface area contributed by atoms with Gasteiger partial charge in [0.1, 0.15) is 12.6 Å². The summed E-state index contributed by atoms with van der Waals surface area (Å²) in [5, 5.41) is 3.04. The van der Waals surface area contributed by atoms with Gasteiger partial charge in [-0.25, -0.2) is 8.42 Å². The van der Waals surface area contributed by atoms with Crippen molar-refractivity contribution in [1.29, 1.82) is 0 Å². The predicted octanol–water partition coefficient (Wildman–Crippen LogP) is 5.08. The number of halogens is 1. The standard InChI is InChI=1S/C30H36BrN3O4S/c1-5-23(3)32-30(36)28(19-24-14-7-6-8-15-24)33(20-25-16-10-9-13-22(25)2)29(35)21-34(39(4,37)38)27-18-12-11-17-26(27)31/h6-18,23,28H,5,19-21H2,1-4H3,(H,32,36)/t23-,28+/m1/s1. The highest BCUT2D eigenvalue weighted by Crippen LogP contribution is 2.28. The highest BCUT2D eigenvalue weighted by Gasteiger charge is 2.34. The van der Waals surface area contributed by atoms with E-state index in [9.17, 15) is 18.0 Å². The van der Waals surface area contributed by atoms with Crippen LogP contribution in [0.5, 0.6) is 0 Å². The highest BCUT2D eigenvalue weighted by atomic mass is 79.9. The Kier molecular flexibility index (Phi) is 10.7. The van der Waals surface area contributed by atoms with Crippen molar-refractivity contribution in [1.82, 2.24) is 10.2 Å². The second-order valence-corrected chi connectivity index (χ2v) is 12.5. The normalized spacial score (nSPS) is 12.8. The molecule has 3 rings (SSSR count). The number of anilines is 1. The molecule has 2 atom stereocenters. The zero-order valence-corrected chi connectivity index (χ0v) is 25.2. The van der Waals surface area contributed by atoms with Crippen LogP contribution >= 0.6 is 15.9 Å². The summed E-state index contributed by atoms with van der Waals surface area (Å²) in [5.41, 5.74) is 3.11. The van der Waals surface area contributed by atoms with E-state index in [1.165, 1.54) is 4.90 Å². The lowest BCUT2D eigenvalue weighted by Crippen LogP contribution is -2.54. The maximum Gasteiger partial charge on any atom is 0.244 e. The third-order valence-electron chi connectivity index (χ3n) is 6.67. The second kappa shape index (κ2) is 13.8. The Balaban J connectivity index is 2.08. The van der Waals surface area contributed by atoms with Crippen LogP contribution in [-0.2, 0) is 32.6 Å². The Labute approximate surface area is 240 Å². The van der Waals surface area contributed by atoms with Crippen LogP contribution in [0.1, 0.15) is 37.0 Å². The minimum absolute atomic E-state index is 0.0843. The van der Waals surface area contributed by atoms with E-state index in [0.717, 1.165) is 33.7 Å². The SMILES string of the molecule is CC[C@@H](C)NC(=O)[C@H](Cc1ccccc1)N(Cc1ccccc1C)C(=O)CN(c1ccccc1Br)S(C)(=O)=O. The molecule has 0 spiro atoms. The lowest BCUT2D eigenvalue weighted by atomic mass is 10.0. The molecular weight excluding hydrogens is 578 g/mol. The van der Waals surface area contributed by atoms with Crippen molar-refractivity contribution in [2.24, 2.45) is 0 Å². The van der Waals surface area contributed by atoms with E-state index >= 15 is 0 Å². The first-order valence-electron chi connectivity index (χ1n) is 12.9. The van der Waals surface area contributed by atoms with Gasteiger partial charge in [0.15, 0.2) is 0 Å². The van der Waals surface area contributed by atoms with Gasteiger partial charge in [0.2, 0.25) is 21.8 Å². The van der Waals surface area contributed by atoms with Crippen molar-refractivity contribution < 1.29 is 18.0 Å². The molecule has 0 bridgehead atoms. The molecule has 1 N–H and O–H groups in total. The van der Waals surface area contributed by atoms with Crippen LogP contribution in [0.15, 0.2) is 83.3 Å². The maximum absolute atomic E-state index is 14.1. The van der Waals surface area contributed by atoms with Gasteiger partial charge in [0, 0.05) is 23.5 Å². The topological polar surface area (TPSA) is 86.8 Å². The van der Waals surface area contributed by atoms with Crippen molar-refractivity contribution in [3.63, 3.8) is 0 Å². The van der Waals surface area contributed by atoms with Crippen LogP contribution < -0.4 is 9.62 Å². The zero-order valence-electron chi connectivity index (χ0n) is 22.8. The fraction of sp³-hybridized carbons (Fsp3) is 0.333. The molecule has 3 aromatic rings. The molecule has 0 heterocycles. The van der Waals surface area contributed by atoms with E-state index in [1.54, 1.807) is 24.3 Å². The Morgan fingerprint density at radius 3 is 2.18 bits per heavy atom. The first-order chi connectivity index (χ1) is 18.5. The second-order valence-electron chi connectivity index (χ2n) is 9.69. The number of hydrogen-bond acceptors (Lipinski definition) is 4. The van der Waals surface area contributed by atoms with Gasteiger partial charge in [0.05, 0.1) is 11.9 Å². The summed E-state index contributed by atoms with van der Waals surface area (Å²) in [6, 6.07) is 23.1. The smallest absolute Gasteiger partial charge is 0.244 e. The van der Waals surface area contributed by atoms with Crippen LogP contribution in [0.2, 0.25) is 0 Å². The number of carbonyl (C=O) groups is 2. The fourth-order valence-corrected chi connectivity index (χ4v) is 5.69. The number of hydrogen-bond donors (Lipinski definition) is 1. The molecule has 0 unspecified atom stereocenters. The molecule has 9 heteroatoms. The molecule has 0 fully saturated rings. The van der Waals surface area contributed by atoms with Gasteiger partial charge in [-0.2, -0.15) is 0 Å². The van der Waals surface area contributed by atoms with Crippen molar-refractivity contribution in [2.75, 3.05) is 17.1 Å². The lowest BCUT2D eigenvalue weighted by Gasteiger charge is -2.34. The first-order valence-corrected chi connectivity index (χ1v) is 15.6. The monoisotopic (exact) mass is 613 g/mol. The molecule has 0 aromatic heterocycles. The number of nitrogens with one attached hydrogen (secondary N) is 1. The average Bonchev–Trinajstić information content (AvgIpc) is 2.90. The van der Waals surface area contributed by atoms with E-state index in [2.05, 4.69) is 21.2 Å². The van der Waals surface area contributed by atoms with Crippen molar-refractivity contribution >= 4 is 43.5 Å². The predicted molar refractivity (Wildman–Crippen MR) is 160 cm³/mol. The molecule has 0 saturated heterocycles. The van der Waals surface area contributed by atoms with E-state index < -0.39 is 28.5 Å². The molecule has 2 amide bonds. The summed E-state index contributed by atoms with van der Waals surface area (Å²) in [6.07, 6.45) is 2.09. The van der Waals surface area contributed by atoms with Gasteiger partial charge in [-0.3, -0.25) is 13.9 Å². The summed E-state index contributed by atoms with van der Waals surface area (Å²) < 4.78 is 27.4. The van der Waals surface area contributed by atoms with Gasteiger partial charge >= 0.3 is 0 Å². The summed E-state index contributed by atoms with van der Waals surface area (Å²) in [4.78, 5) is 29.3. The summed E-state index contributed by atoms with van der Waals surface area (Å²) >= 11 is 3.42. The largest absolute Gasteiger partial charge is 0.352 e. The summed E-state index contributed by atoms with van der Waals surface area (Å²) in [5.74, 6) is -0.749. The molecule has 0 aliphatic rings. The average molecular weight is 615 g/mol. The van der Waals surface area contributed by atoms with Crippen LogP contribution in [-0.4, -0.2) is 50.0 Å². The number of carbonyl (C=O) groups excluding carboxylic acids is 2. The number of sulfonamides is 1. The minimum atomic E-state index is -3.82. The van der Waals surface area contributed by atoms with E-state index in [4.69, 9.17) is 0 Å². The van der Waals surface area contributed by atoms with Gasteiger partial charge in [-0.15, -0.1) is 0 Å². The van der Waals surface area contributed by atoms with Crippen LogP contribution in [0.3, 0.4) is 0 Å². The molecule has 0 radical (unpaired) electrons. The van der Waals surface area contributed by atoms with E-state index in [0.29, 0.717) is 10.2 Å². The molecule has 3 aromatic carbocycles. The molecule has 0 aliphatic carbocycles. The third kappa shape index (κ3) is 8.41. The Morgan fingerprint density at radius 1 is 0.949 bits per heavy atom. The first kappa shape index (κ1) is 30.4. The zero-order chi connectivity index (χ0) is 28.6. The number of benzene rings is 3. The van der Waals surface area contributed by atoms with Gasteiger partial charge in [-0.05, 0) is 65.0 Å². The quantitative estimate of drug-likeness (QED) is 0.309. The van der Waals surface area contributed by atoms with Crippen LogP contribution in [0, 0.1) is 6.92 Å². The van der Waals surface area contributed by atoms with E-state index in [1.807, 2.05) is 75.4 Å². The Morgan fingerprint density at radius 2 is 1.56 bits per heavy atom. The molecule has 39 heavy (non-hydrogen) atoms. The molecule has 208 valence electrons. The number of aryl methyl sites for hydroxylation is 1. The molecule has 0 aliphatic heterocycles.